The molecule has 3 heteroatoms. The van der Waals surface area contributed by atoms with Crippen LogP contribution in [0.15, 0.2) is 18.3 Å². The fraction of sp³-hybridized carbons (Fsp3) is 0.500. The lowest BCUT2D eigenvalue weighted by Gasteiger charge is -2.18. The van der Waals surface area contributed by atoms with Gasteiger partial charge in [-0.25, -0.2) is 0 Å². The smallest absolute Gasteiger partial charge is 0.0560 e. The molecule has 0 fully saturated rings. The van der Waals surface area contributed by atoms with Gasteiger partial charge < -0.3 is 10.6 Å². The Morgan fingerprint density at radius 1 is 1.54 bits per heavy atom. The molecule has 1 aromatic rings. The minimum Gasteiger partial charge on any atom is -0.375 e. The third-order valence-electron chi connectivity index (χ3n) is 2.01. The predicted molar refractivity (Wildman–Crippen MR) is 55.7 cm³/mol. The molecular formula is C10H17N3. The van der Waals surface area contributed by atoms with Crippen LogP contribution in [0, 0.1) is 0 Å². The van der Waals surface area contributed by atoms with Crippen molar-refractivity contribution in [1.82, 2.24) is 4.98 Å². The Bertz CT molecular complexity index is 260. The molecular weight excluding hydrogens is 162 g/mol. The molecule has 0 aliphatic rings. The molecule has 0 atom stereocenters. The highest BCUT2D eigenvalue weighted by molar-refractivity contribution is 5.45. The highest BCUT2D eigenvalue weighted by Crippen LogP contribution is 2.12. The van der Waals surface area contributed by atoms with E-state index in [1.54, 1.807) is 0 Å². The highest BCUT2D eigenvalue weighted by atomic mass is 15.1. The molecule has 13 heavy (non-hydrogen) atoms. The van der Waals surface area contributed by atoms with Crippen molar-refractivity contribution in [2.45, 2.75) is 19.9 Å². The standard InChI is InChI=1S/C10H17N3/c1-3-6-13(2)10-4-5-12-9(7-10)8-11/h4-5,7H,3,6,8,11H2,1-2H3. The Hall–Kier alpha value is -1.09. The molecule has 0 bridgehead atoms. The van der Waals surface area contributed by atoms with E-state index >= 15 is 0 Å². The van der Waals surface area contributed by atoms with Crippen LogP contribution >= 0.6 is 0 Å². The van der Waals surface area contributed by atoms with Crippen LogP contribution in [0.3, 0.4) is 0 Å². The Labute approximate surface area is 79.6 Å². The average Bonchev–Trinajstić information content (AvgIpc) is 2.18. The Kier molecular flexibility index (Phi) is 3.71. The van der Waals surface area contributed by atoms with Crippen molar-refractivity contribution in [3.63, 3.8) is 0 Å². The summed E-state index contributed by atoms with van der Waals surface area (Å²) in [6, 6.07) is 4.05. The van der Waals surface area contributed by atoms with Crippen LogP contribution in [0.5, 0.6) is 0 Å². The fourth-order valence-corrected chi connectivity index (χ4v) is 1.28. The first kappa shape index (κ1) is 9.99. The monoisotopic (exact) mass is 179 g/mol. The van der Waals surface area contributed by atoms with E-state index in [-0.39, 0.29) is 0 Å². The molecule has 0 unspecified atom stereocenters. The third-order valence-corrected chi connectivity index (χ3v) is 2.01. The number of nitrogens with zero attached hydrogens (tertiary/aromatic N) is 2. The van der Waals surface area contributed by atoms with Crippen LogP contribution in [0.4, 0.5) is 5.69 Å². The highest BCUT2D eigenvalue weighted by Gasteiger charge is 1.99. The maximum absolute atomic E-state index is 5.51. The lowest BCUT2D eigenvalue weighted by Crippen LogP contribution is -2.18. The second-order valence-electron chi connectivity index (χ2n) is 3.13. The first-order valence-electron chi connectivity index (χ1n) is 4.64. The van der Waals surface area contributed by atoms with Gasteiger partial charge in [-0.15, -0.1) is 0 Å². The van der Waals surface area contributed by atoms with E-state index in [9.17, 15) is 0 Å². The van der Waals surface area contributed by atoms with Crippen molar-refractivity contribution in [2.75, 3.05) is 18.5 Å². The maximum atomic E-state index is 5.51. The van der Waals surface area contributed by atoms with Crippen molar-refractivity contribution >= 4 is 5.69 Å². The molecule has 0 saturated heterocycles. The van der Waals surface area contributed by atoms with Crippen molar-refractivity contribution in [3.8, 4) is 0 Å². The molecule has 2 N–H and O–H groups in total. The average molecular weight is 179 g/mol. The van der Waals surface area contributed by atoms with Gasteiger partial charge in [0, 0.05) is 32.0 Å². The van der Waals surface area contributed by atoms with Gasteiger partial charge in [0.25, 0.3) is 0 Å². The van der Waals surface area contributed by atoms with Crippen LogP contribution in [-0.4, -0.2) is 18.6 Å². The zero-order valence-electron chi connectivity index (χ0n) is 8.33. The number of hydrogen-bond acceptors (Lipinski definition) is 3. The molecule has 0 spiro atoms. The quantitative estimate of drug-likeness (QED) is 0.759. The number of nitrogens with two attached hydrogens (primary N) is 1. The molecule has 0 saturated carbocycles. The molecule has 0 radical (unpaired) electrons. The van der Waals surface area contributed by atoms with Crippen LogP contribution in [0.1, 0.15) is 19.0 Å². The first-order valence-corrected chi connectivity index (χ1v) is 4.64. The number of hydrogen-bond donors (Lipinski definition) is 1. The predicted octanol–water partition coefficient (Wildman–Crippen LogP) is 1.39. The lowest BCUT2D eigenvalue weighted by atomic mass is 10.3. The second-order valence-corrected chi connectivity index (χ2v) is 3.13. The summed E-state index contributed by atoms with van der Waals surface area (Å²) >= 11 is 0. The third kappa shape index (κ3) is 2.70. The van der Waals surface area contributed by atoms with E-state index in [1.165, 1.54) is 5.69 Å². The summed E-state index contributed by atoms with van der Waals surface area (Å²) in [6.45, 7) is 3.74. The van der Waals surface area contributed by atoms with Gasteiger partial charge >= 0.3 is 0 Å². The van der Waals surface area contributed by atoms with Crippen LogP contribution in [-0.2, 0) is 6.54 Å². The van der Waals surface area contributed by atoms with Crippen LogP contribution in [0.2, 0.25) is 0 Å². The van der Waals surface area contributed by atoms with Gasteiger partial charge in [0.05, 0.1) is 5.69 Å². The molecule has 1 rings (SSSR count). The minimum absolute atomic E-state index is 0.508. The SMILES string of the molecule is CCCN(C)c1ccnc(CN)c1. The number of rotatable bonds is 4. The minimum atomic E-state index is 0.508. The molecule has 0 aromatic carbocycles. The molecule has 3 nitrogen and oxygen atoms in total. The van der Waals surface area contributed by atoms with Crippen molar-refractivity contribution < 1.29 is 0 Å². The summed E-state index contributed by atoms with van der Waals surface area (Å²) < 4.78 is 0. The number of pyridine rings is 1. The maximum Gasteiger partial charge on any atom is 0.0560 e. The summed E-state index contributed by atoms with van der Waals surface area (Å²) in [5, 5.41) is 0. The van der Waals surface area contributed by atoms with E-state index in [0.29, 0.717) is 6.54 Å². The van der Waals surface area contributed by atoms with Gasteiger partial charge in [0.2, 0.25) is 0 Å². The van der Waals surface area contributed by atoms with E-state index < -0.39 is 0 Å². The van der Waals surface area contributed by atoms with Crippen LogP contribution < -0.4 is 10.6 Å². The van der Waals surface area contributed by atoms with E-state index in [1.807, 2.05) is 18.3 Å². The molecule has 72 valence electrons. The topological polar surface area (TPSA) is 42.2 Å². The summed E-state index contributed by atoms with van der Waals surface area (Å²) in [7, 11) is 2.08. The largest absolute Gasteiger partial charge is 0.375 e. The van der Waals surface area contributed by atoms with Crippen molar-refractivity contribution in [3.05, 3.63) is 24.0 Å². The van der Waals surface area contributed by atoms with Crippen molar-refractivity contribution in [2.24, 2.45) is 5.73 Å². The lowest BCUT2D eigenvalue weighted by molar-refractivity contribution is 0.847. The van der Waals surface area contributed by atoms with E-state index in [2.05, 4.69) is 23.9 Å². The zero-order valence-corrected chi connectivity index (χ0v) is 8.33. The number of aromatic nitrogens is 1. The van der Waals surface area contributed by atoms with Gasteiger partial charge in [0.15, 0.2) is 0 Å². The van der Waals surface area contributed by atoms with E-state index in [4.69, 9.17) is 5.73 Å². The van der Waals surface area contributed by atoms with Crippen molar-refractivity contribution in [1.29, 1.82) is 0 Å². The Balaban J connectivity index is 2.75. The van der Waals surface area contributed by atoms with Gasteiger partial charge in [0.1, 0.15) is 0 Å². The Morgan fingerprint density at radius 2 is 2.31 bits per heavy atom. The van der Waals surface area contributed by atoms with Gasteiger partial charge in [-0.05, 0) is 18.6 Å². The number of anilines is 1. The fourth-order valence-electron chi connectivity index (χ4n) is 1.28. The summed E-state index contributed by atoms with van der Waals surface area (Å²) in [4.78, 5) is 6.36. The van der Waals surface area contributed by atoms with Gasteiger partial charge in [-0.2, -0.15) is 0 Å². The second kappa shape index (κ2) is 4.82. The van der Waals surface area contributed by atoms with Gasteiger partial charge in [-0.3, -0.25) is 4.98 Å². The molecule has 1 heterocycles. The molecule has 0 amide bonds. The summed E-state index contributed by atoms with van der Waals surface area (Å²) in [5.41, 5.74) is 7.65. The van der Waals surface area contributed by atoms with Crippen LogP contribution in [0.25, 0.3) is 0 Å². The first-order chi connectivity index (χ1) is 6.27. The summed E-state index contributed by atoms with van der Waals surface area (Å²) in [5.74, 6) is 0. The molecule has 1 aromatic heterocycles. The molecule has 0 aliphatic heterocycles. The summed E-state index contributed by atoms with van der Waals surface area (Å²) in [6.07, 6.45) is 2.96. The zero-order chi connectivity index (χ0) is 9.68. The molecule has 0 aliphatic carbocycles. The normalized spacial score (nSPS) is 10.1. The van der Waals surface area contributed by atoms with Gasteiger partial charge in [-0.1, -0.05) is 6.92 Å². The van der Waals surface area contributed by atoms with E-state index in [0.717, 1.165) is 18.7 Å². The Morgan fingerprint density at radius 3 is 2.92 bits per heavy atom.